The van der Waals surface area contributed by atoms with Gasteiger partial charge in [-0.3, -0.25) is 14.7 Å². The molecule has 2 amide bonds. The molecule has 0 saturated heterocycles. The van der Waals surface area contributed by atoms with E-state index in [9.17, 15) is 4.79 Å². The Hall–Kier alpha value is -3.16. The minimum absolute atomic E-state index is 0.227. The van der Waals surface area contributed by atoms with Crippen molar-refractivity contribution in [3.05, 3.63) is 48.0 Å². The normalized spacial score (nSPS) is 12.2. The molecule has 1 atom stereocenters. The van der Waals surface area contributed by atoms with Crippen LogP contribution in [0.15, 0.2) is 36.7 Å². The molecule has 0 saturated carbocycles. The number of carbonyl (C=O) groups is 1. The average molecular weight is 381 g/mol. The average Bonchev–Trinajstić information content (AvgIpc) is 3.20. The molecule has 0 aliphatic carbocycles. The summed E-state index contributed by atoms with van der Waals surface area (Å²) >= 11 is 0. The Bertz CT molecular complexity index is 943. The van der Waals surface area contributed by atoms with E-state index in [1.807, 2.05) is 51.4 Å². The summed E-state index contributed by atoms with van der Waals surface area (Å²) in [5.74, 6) is 1.79. The van der Waals surface area contributed by atoms with Crippen molar-refractivity contribution in [3.63, 3.8) is 0 Å². The molecule has 148 valence electrons. The Balaban J connectivity index is 1.79. The van der Waals surface area contributed by atoms with Gasteiger partial charge in [0, 0.05) is 25.2 Å². The Morgan fingerprint density at radius 2 is 1.86 bits per heavy atom. The molecule has 0 aliphatic heterocycles. The van der Waals surface area contributed by atoms with Crippen LogP contribution >= 0.6 is 0 Å². The molecular weight excluding hydrogens is 354 g/mol. The topological polar surface area (TPSA) is 89.7 Å². The van der Waals surface area contributed by atoms with Gasteiger partial charge in [-0.15, -0.1) is 0 Å². The Morgan fingerprint density at radius 3 is 2.46 bits per heavy atom. The van der Waals surface area contributed by atoms with Crippen molar-refractivity contribution in [2.24, 2.45) is 20.0 Å². The summed E-state index contributed by atoms with van der Waals surface area (Å²) in [6.45, 7) is 6.18. The number of aromatic nitrogens is 5. The molecule has 3 aromatic rings. The quantitative estimate of drug-likeness (QED) is 0.684. The second-order valence-corrected chi connectivity index (χ2v) is 7.33. The maximum atomic E-state index is 12.7. The van der Waals surface area contributed by atoms with Gasteiger partial charge in [-0.1, -0.05) is 44.2 Å². The number of hydrogen-bond donors (Lipinski definition) is 2. The third-order valence-electron chi connectivity index (χ3n) is 4.63. The molecule has 8 nitrogen and oxygen atoms in total. The van der Waals surface area contributed by atoms with Crippen LogP contribution in [0.4, 0.5) is 10.6 Å². The van der Waals surface area contributed by atoms with Gasteiger partial charge < -0.3 is 5.32 Å². The zero-order chi connectivity index (χ0) is 20.3. The van der Waals surface area contributed by atoms with Gasteiger partial charge in [-0.05, 0) is 19.3 Å². The van der Waals surface area contributed by atoms with Crippen molar-refractivity contribution in [2.75, 3.05) is 5.32 Å². The lowest BCUT2D eigenvalue weighted by Crippen LogP contribution is -2.35. The summed E-state index contributed by atoms with van der Waals surface area (Å²) in [4.78, 5) is 17.0. The highest BCUT2D eigenvalue weighted by molar-refractivity contribution is 5.90. The van der Waals surface area contributed by atoms with Crippen LogP contribution in [-0.2, 0) is 14.1 Å². The summed E-state index contributed by atoms with van der Waals surface area (Å²) in [6, 6.07) is 9.41. The number of hydrogen-bond acceptors (Lipinski definition) is 4. The van der Waals surface area contributed by atoms with E-state index in [4.69, 9.17) is 0 Å². The number of anilines is 1. The van der Waals surface area contributed by atoms with Crippen LogP contribution in [0, 0.1) is 12.8 Å². The maximum absolute atomic E-state index is 12.7. The summed E-state index contributed by atoms with van der Waals surface area (Å²) in [7, 11) is 3.65. The lowest BCUT2D eigenvalue weighted by Gasteiger charge is -2.20. The number of amides is 2. The molecule has 0 bridgehead atoms. The summed E-state index contributed by atoms with van der Waals surface area (Å²) in [5.41, 5.74) is 2.79. The van der Waals surface area contributed by atoms with Crippen molar-refractivity contribution < 1.29 is 4.79 Å². The second kappa shape index (κ2) is 8.24. The van der Waals surface area contributed by atoms with Gasteiger partial charge in [0.25, 0.3) is 0 Å². The first-order chi connectivity index (χ1) is 13.4. The van der Waals surface area contributed by atoms with E-state index in [1.54, 1.807) is 9.36 Å². The third kappa shape index (κ3) is 4.21. The van der Waals surface area contributed by atoms with Gasteiger partial charge >= 0.3 is 6.03 Å². The van der Waals surface area contributed by atoms with Gasteiger partial charge in [-0.25, -0.2) is 9.78 Å². The molecule has 0 radical (unpaired) electrons. The van der Waals surface area contributed by atoms with E-state index >= 15 is 0 Å². The molecule has 28 heavy (non-hydrogen) atoms. The predicted octanol–water partition coefficient (Wildman–Crippen LogP) is 3.43. The SMILES string of the molecule is Cc1c(-c2ccccc2)nn(C)c1NC(=O)N[C@@H](CC(C)C)c1ncnn1C. The fraction of sp³-hybridized carbons (Fsp3) is 0.400. The van der Waals surface area contributed by atoms with Crippen molar-refractivity contribution in [2.45, 2.75) is 33.2 Å². The lowest BCUT2D eigenvalue weighted by molar-refractivity contribution is 0.245. The molecule has 0 fully saturated rings. The zero-order valence-electron chi connectivity index (χ0n) is 17.0. The van der Waals surface area contributed by atoms with Crippen LogP contribution in [0.25, 0.3) is 11.3 Å². The fourth-order valence-corrected chi connectivity index (χ4v) is 3.30. The maximum Gasteiger partial charge on any atom is 0.320 e. The molecule has 2 heterocycles. The number of benzene rings is 1. The van der Waals surface area contributed by atoms with Gasteiger partial charge in [0.05, 0.1) is 11.7 Å². The van der Waals surface area contributed by atoms with Crippen molar-refractivity contribution in [1.29, 1.82) is 0 Å². The molecule has 2 aromatic heterocycles. The number of carbonyl (C=O) groups excluding carboxylic acids is 1. The van der Waals surface area contributed by atoms with Crippen LogP contribution in [-0.4, -0.2) is 30.6 Å². The minimum atomic E-state index is -0.292. The smallest absolute Gasteiger partial charge is 0.320 e. The predicted molar refractivity (Wildman–Crippen MR) is 109 cm³/mol. The van der Waals surface area contributed by atoms with E-state index in [-0.39, 0.29) is 12.1 Å². The molecule has 8 heteroatoms. The lowest BCUT2D eigenvalue weighted by atomic mass is 10.0. The van der Waals surface area contributed by atoms with Crippen molar-refractivity contribution in [3.8, 4) is 11.3 Å². The minimum Gasteiger partial charge on any atom is -0.328 e. The van der Waals surface area contributed by atoms with E-state index in [2.05, 4.69) is 39.7 Å². The highest BCUT2D eigenvalue weighted by Crippen LogP contribution is 2.27. The highest BCUT2D eigenvalue weighted by atomic mass is 16.2. The molecular formula is C20H27N7O. The van der Waals surface area contributed by atoms with Crippen LogP contribution in [0.3, 0.4) is 0 Å². The van der Waals surface area contributed by atoms with Gasteiger partial charge in [0.2, 0.25) is 0 Å². The first-order valence-corrected chi connectivity index (χ1v) is 9.37. The van der Waals surface area contributed by atoms with Crippen LogP contribution in [0.1, 0.15) is 37.7 Å². The number of rotatable bonds is 6. The van der Waals surface area contributed by atoms with Gasteiger partial charge in [0.15, 0.2) is 0 Å². The summed E-state index contributed by atoms with van der Waals surface area (Å²) < 4.78 is 3.38. The number of aryl methyl sites for hydroxylation is 2. The Morgan fingerprint density at radius 1 is 1.14 bits per heavy atom. The van der Waals surface area contributed by atoms with Gasteiger partial charge in [0.1, 0.15) is 18.0 Å². The monoisotopic (exact) mass is 381 g/mol. The number of nitrogens with one attached hydrogen (secondary N) is 2. The molecule has 0 unspecified atom stereocenters. The molecule has 0 aliphatic rings. The highest BCUT2D eigenvalue weighted by Gasteiger charge is 2.22. The summed E-state index contributed by atoms with van der Waals surface area (Å²) in [5, 5.41) is 14.7. The molecule has 2 N–H and O–H groups in total. The van der Waals surface area contributed by atoms with Crippen molar-refractivity contribution in [1.82, 2.24) is 29.9 Å². The molecule has 3 rings (SSSR count). The Kier molecular flexibility index (Phi) is 5.77. The van der Waals surface area contributed by atoms with Crippen molar-refractivity contribution >= 4 is 11.8 Å². The van der Waals surface area contributed by atoms with Crippen LogP contribution in [0.2, 0.25) is 0 Å². The van der Waals surface area contributed by atoms with E-state index < -0.39 is 0 Å². The third-order valence-corrected chi connectivity index (χ3v) is 4.63. The zero-order valence-corrected chi connectivity index (χ0v) is 17.0. The van der Waals surface area contributed by atoms with E-state index in [0.29, 0.717) is 11.7 Å². The Labute approximate surface area is 165 Å². The fourth-order valence-electron chi connectivity index (χ4n) is 3.30. The second-order valence-electron chi connectivity index (χ2n) is 7.33. The largest absolute Gasteiger partial charge is 0.328 e. The number of nitrogens with zero attached hydrogens (tertiary/aromatic N) is 5. The first-order valence-electron chi connectivity index (χ1n) is 9.37. The van der Waals surface area contributed by atoms with Crippen LogP contribution in [0.5, 0.6) is 0 Å². The molecule has 1 aromatic carbocycles. The van der Waals surface area contributed by atoms with Gasteiger partial charge in [-0.2, -0.15) is 10.2 Å². The number of urea groups is 1. The first kappa shape index (κ1) is 19.6. The van der Waals surface area contributed by atoms with E-state index in [1.165, 1.54) is 6.33 Å². The summed E-state index contributed by atoms with van der Waals surface area (Å²) in [6.07, 6.45) is 2.26. The molecule has 0 spiro atoms. The standard InChI is InChI=1S/C20H27N7O/c1-13(2)11-16(19-21-12-22-26(19)4)23-20(28)24-18-14(3)17(25-27(18)5)15-9-7-6-8-10-15/h6-10,12-13,16H,11H2,1-5H3,(H2,23,24,28)/t16-/m0/s1. The van der Waals surface area contributed by atoms with Crippen LogP contribution < -0.4 is 10.6 Å². The van der Waals surface area contributed by atoms with E-state index in [0.717, 1.165) is 29.1 Å².